The van der Waals surface area contributed by atoms with Crippen LogP contribution in [0.25, 0.3) is 0 Å². The summed E-state index contributed by atoms with van der Waals surface area (Å²) in [5.41, 5.74) is 5.51. The highest BCUT2D eigenvalue weighted by Gasteiger charge is 2.34. The number of amides is 2. The van der Waals surface area contributed by atoms with Crippen molar-refractivity contribution >= 4 is 46.8 Å². The molecule has 0 spiro atoms. The Morgan fingerprint density at radius 3 is 2.46 bits per heavy atom. The number of carbonyl (C=O) groups is 2. The number of hydrogen-bond donors (Lipinski definition) is 0. The zero-order valence-electron chi connectivity index (χ0n) is 27.8. The molecule has 2 aliphatic carbocycles. The molecule has 5 rings (SSSR count). The molecule has 250 valence electrons. The van der Waals surface area contributed by atoms with Gasteiger partial charge in [-0.1, -0.05) is 17.7 Å². The van der Waals surface area contributed by atoms with Crippen molar-refractivity contribution in [3.05, 3.63) is 74.2 Å². The van der Waals surface area contributed by atoms with Gasteiger partial charge in [-0.25, -0.2) is 4.79 Å². The smallest absolute Gasteiger partial charge is 0.410 e. The number of aromatic nitrogens is 1. The number of hydrogen-bond acceptors (Lipinski definition) is 7. The van der Waals surface area contributed by atoms with E-state index in [9.17, 15) is 9.59 Å². The van der Waals surface area contributed by atoms with Crippen molar-refractivity contribution in [3.63, 3.8) is 0 Å². The third-order valence-electron chi connectivity index (χ3n) is 8.43. The number of aryl methyl sites for hydroxylation is 2. The molecule has 2 fully saturated rings. The summed E-state index contributed by atoms with van der Waals surface area (Å²) in [7, 11) is 3.95. The van der Waals surface area contributed by atoms with Crippen LogP contribution in [-0.2, 0) is 22.4 Å². The standard InChI is InChI=1S/C23H27BrClN3O2.C12H21N3O/c1-23(2,3)30-22(29)28-10-8-27(9-11-28)21-19-7-6-18(25)13-15(19)4-5-16-12-17(24)14-26-20(16)21;1-13-8-12(14(2)3)6-7-15(10-16)9-11-4-5-11/h6-7,12-14,21H,4-5,8-11H2,1-3H3;8,10-11H,1,4-7,9H2,2-3H3/b;12-8-. The van der Waals surface area contributed by atoms with E-state index in [0.717, 1.165) is 78.7 Å². The summed E-state index contributed by atoms with van der Waals surface area (Å²) in [6.07, 6.45) is 9.59. The molecule has 2 heterocycles. The third-order valence-corrected chi connectivity index (χ3v) is 9.10. The van der Waals surface area contributed by atoms with Crippen LogP contribution in [0.4, 0.5) is 4.79 Å². The molecule has 0 radical (unpaired) electrons. The monoisotopic (exact) mass is 714 g/mol. The Morgan fingerprint density at radius 1 is 1.15 bits per heavy atom. The number of nitrogens with zero attached hydrogens (tertiary/aromatic N) is 6. The first-order valence-corrected chi connectivity index (χ1v) is 17.2. The van der Waals surface area contributed by atoms with Gasteiger partial charge in [0.15, 0.2) is 0 Å². The topological polar surface area (TPSA) is 81.6 Å². The van der Waals surface area contributed by atoms with Crippen molar-refractivity contribution in [1.82, 2.24) is 24.6 Å². The first-order chi connectivity index (χ1) is 21.9. The zero-order chi connectivity index (χ0) is 33.4. The van der Waals surface area contributed by atoms with Crippen LogP contribution in [-0.4, -0.2) is 103 Å². The van der Waals surface area contributed by atoms with Crippen molar-refractivity contribution in [2.75, 3.05) is 53.4 Å². The van der Waals surface area contributed by atoms with E-state index in [-0.39, 0.29) is 12.1 Å². The van der Waals surface area contributed by atoms with Gasteiger partial charge in [-0.05, 0) is 110 Å². The van der Waals surface area contributed by atoms with Gasteiger partial charge in [0.25, 0.3) is 0 Å². The van der Waals surface area contributed by atoms with Crippen LogP contribution in [0.3, 0.4) is 0 Å². The number of piperazine rings is 1. The predicted octanol–water partition coefficient (Wildman–Crippen LogP) is 6.59. The molecule has 46 heavy (non-hydrogen) atoms. The summed E-state index contributed by atoms with van der Waals surface area (Å²) in [5.74, 6) is 0.745. The summed E-state index contributed by atoms with van der Waals surface area (Å²) in [4.78, 5) is 40.0. The highest BCUT2D eigenvalue weighted by Crippen LogP contribution is 2.38. The summed E-state index contributed by atoms with van der Waals surface area (Å²) in [6.45, 7) is 13.6. The molecule has 1 saturated heterocycles. The molecule has 0 bridgehead atoms. The number of halogens is 2. The average Bonchev–Trinajstić information content (AvgIpc) is 3.84. The zero-order valence-corrected chi connectivity index (χ0v) is 30.2. The van der Waals surface area contributed by atoms with Gasteiger partial charge in [0.2, 0.25) is 6.41 Å². The second-order valence-electron chi connectivity index (χ2n) is 13.4. The minimum absolute atomic E-state index is 0.0589. The number of fused-ring (bicyclic) bond motifs is 2. The largest absolute Gasteiger partial charge is 0.444 e. The van der Waals surface area contributed by atoms with E-state index in [1.807, 2.05) is 56.9 Å². The molecule has 11 heteroatoms. The highest BCUT2D eigenvalue weighted by molar-refractivity contribution is 9.10. The van der Waals surface area contributed by atoms with Crippen LogP contribution >= 0.6 is 27.5 Å². The second kappa shape index (κ2) is 16.2. The lowest BCUT2D eigenvalue weighted by molar-refractivity contribution is -0.118. The Morgan fingerprint density at radius 2 is 1.85 bits per heavy atom. The van der Waals surface area contributed by atoms with Gasteiger partial charge in [0.1, 0.15) is 5.60 Å². The molecule has 9 nitrogen and oxygen atoms in total. The van der Waals surface area contributed by atoms with Crippen molar-refractivity contribution < 1.29 is 14.3 Å². The minimum Gasteiger partial charge on any atom is -0.444 e. The Hall–Kier alpha value is -2.95. The van der Waals surface area contributed by atoms with Crippen LogP contribution < -0.4 is 0 Å². The molecule has 3 aliphatic rings. The molecule has 1 aliphatic heterocycles. The summed E-state index contributed by atoms with van der Waals surface area (Å²) < 4.78 is 6.55. The highest BCUT2D eigenvalue weighted by atomic mass is 79.9. The molecule has 1 atom stereocenters. The molecule has 0 N–H and O–H groups in total. The van der Waals surface area contributed by atoms with Gasteiger partial charge in [-0.2, -0.15) is 0 Å². The minimum atomic E-state index is -0.482. The molecule has 1 unspecified atom stereocenters. The van der Waals surface area contributed by atoms with Crippen molar-refractivity contribution in [2.24, 2.45) is 10.9 Å². The normalized spacial score (nSPS) is 18.3. The Bertz CT molecular complexity index is 1350. The van der Waals surface area contributed by atoms with E-state index < -0.39 is 5.60 Å². The molecule has 2 amide bonds. The SMILES string of the molecule is C=N/C=C(/CCN(C=O)CC1CC1)N(C)C.CC(C)(C)OC(=O)N1CCN(C2c3ccc(Cl)cc3CCc3cc(Br)cnc32)CC1. The van der Waals surface area contributed by atoms with Crippen molar-refractivity contribution in [2.45, 2.75) is 64.5 Å². The number of benzene rings is 1. The van der Waals surface area contributed by atoms with E-state index in [2.05, 4.69) is 50.7 Å². The summed E-state index contributed by atoms with van der Waals surface area (Å²) in [5, 5.41) is 0.766. The van der Waals surface area contributed by atoms with Gasteiger partial charge < -0.3 is 19.4 Å². The fourth-order valence-corrected chi connectivity index (χ4v) is 6.43. The Labute approximate surface area is 287 Å². The van der Waals surface area contributed by atoms with Gasteiger partial charge >= 0.3 is 6.09 Å². The lowest BCUT2D eigenvalue weighted by atomic mass is 9.96. The maximum atomic E-state index is 12.5. The van der Waals surface area contributed by atoms with E-state index in [0.29, 0.717) is 13.1 Å². The molecular weight excluding hydrogens is 668 g/mol. The molecule has 2 aromatic rings. The van der Waals surface area contributed by atoms with Crippen LogP contribution in [0.1, 0.15) is 68.5 Å². The predicted molar refractivity (Wildman–Crippen MR) is 188 cm³/mol. The van der Waals surface area contributed by atoms with Crippen molar-refractivity contribution in [3.8, 4) is 0 Å². The summed E-state index contributed by atoms with van der Waals surface area (Å²) in [6, 6.07) is 8.43. The van der Waals surface area contributed by atoms with E-state index in [4.69, 9.17) is 21.3 Å². The molecular formula is C35H48BrClN6O3. The lowest BCUT2D eigenvalue weighted by Gasteiger charge is -2.40. The van der Waals surface area contributed by atoms with Gasteiger partial charge in [0.05, 0.1) is 11.7 Å². The third kappa shape index (κ3) is 10.3. The molecule has 1 aromatic carbocycles. The number of ether oxygens (including phenoxy) is 1. The lowest BCUT2D eigenvalue weighted by Crippen LogP contribution is -2.51. The first kappa shape index (κ1) is 35.9. The number of carbonyl (C=O) groups excluding carboxylic acids is 2. The fourth-order valence-electron chi connectivity index (χ4n) is 5.86. The maximum Gasteiger partial charge on any atom is 0.410 e. The van der Waals surface area contributed by atoms with Crippen LogP contribution in [0, 0.1) is 5.92 Å². The van der Waals surface area contributed by atoms with E-state index >= 15 is 0 Å². The second-order valence-corrected chi connectivity index (χ2v) is 14.8. The molecule has 1 aromatic heterocycles. The van der Waals surface area contributed by atoms with Gasteiger partial charge in [0, 0.05) is 87.4 Å². The van der Waals surface area contributed by atoms with E-state index in [1.165, 1.54) is 29.5 Å². The van der Waals surface area contributed by atoms with E-state index in [1.54, 1.807) is 11.1 Å². The van der Waals surface area contributed by atoms with Crippen LogP contribution in [0.5, 0.6) is 0 Å². The van der Waals surface area contributed by atoms with Crippen LogP contribution in [0.15, 0.2) is 51.8 Å². The van der Waals surface area contributed by atoms with Gasteiger partial charge in [-0.15, -0.1) is 0 Å². The maximum absolute atomic E-state index is 12.5. The number of rotatable bonds is 9. The van der Waals surface area contributed by atoms with Crippen LogP contribution in [0.2, 0.25) is 5.02 Å². The van der Waals surface area contributed by atoms with Gasteiger partial charge in [-0.3, -0.25) is 19.7 Å². The van der Waals surface area contributed by atoms with Crippen molar-refractivity contribution in [1.29, 1.82) is 0 Å². The Balaban J connectivity index is 0.000000254. The average molecular weight is 716 g/mol. The first-order valence-electron chi connectivity index (χ1n) is 16.0. The fraction of sp³-hybridized carbons (Fsp3) is 0.543. The summed E-state index contributed by atoms with van der Waals surface area (Å²) >= 11 is 9.88. The Kier molecular flexibility index (Phi) is 12.7. The molecule has 1 saturated carbocycles. The quantitative estimate of drug-likeness (QED) is 0.216. The number of aliphatic imine (C=N–C) groups is 1. The number of pyridine rings is 1.